The Bertz CT molecular complexity index is 987. The molecule has 1 saturated heterocycles. The van der Waals surface area contributed by atoms with E-state index in [0.717, 1.165) is 26.1 Å². The molecule has 1 aliphatic heterocycles. The van der Waals surface area contributed by atoms with Crippen LogP contribution in [0.1, 0.15) is 51.3 Å². The zero-order valence-electron chi connectivity index (χ0n) is 21.0. The summed E-state index contributed by atoms with van der Waals surface area (Å²) in [4.78, 5) is 5.40. The monoisotopic (exact) mass is 440 g/mol. The standard InChI is InChI=1S/C31H40N2/c1-24(2)30-23-32(21-26-12-8-6-9-13-26)22-29(33(30)28-14-10-7-11-15-28)20-25-16-18-27(19-17-25)31(3,4)5/h6-19,24,29-30H,20-23H2,1-5H3/t29-,30-/m1/s1. The van der Waals surface area contributed by atoms with Gasteiger partial charge in [0.15, 0.2) is 0 Å². The maximum absolute atomic E-state index is 2.73. The first-order valence-electron chi connectivity index (χ1n) is 12.5. The molecule has 2 atom stereocenters. The second kappa shape index (κ2) is 10.1. The lowest BCUT2D eigenvalue weighted by atomic mass is 9.86. The van der Waals surface area contributed by atoms with Crippen LogP contribution in [-0.2, 0) is 18.4 Å². The first kappa shape index (κ1) is 23.6. The Morgan fingerprint density at radius 1 is 0.758 bits per heavy atom. The predicted octanol–water partition coefficient (Wildman–Crippen LogP) is 6.94. The summed E-state index contributed by atoms with van der Waals surface area (Å²) in [5, 5.41) is 0. The normalized spacial score (nSPS) is 19.8. The highest BCUT2D eigenvalue weighted by atomic mass is 15.3. The fourth-order valence-corrected chi connectivity index (χ4v) is 5.16. The van der Waals surface area contributed by atoms with E-state index in [0.29, 0.717) is 18.0 Å². The molecule has 1 aliphatic rings. The molecule has 2 nitrogen and oxygen atoms in total. The van der Waals surface area contributed by atoms with Crippen molar-refractivity contribution in [2.45, 2.75) is 65.1 Å². The summed E-state index contributed by atoms with van der Waals surface area (Å²) in [7, 11) is 0. The third kappa shape index (κ3) is 5.86. The van der Waals surface area contributed by atoms with Gasteiger partial charge < -0.3 is 4.90 Å². The van der Waals surface area contributed by atoms with Gasteiger partial charge in [0.1, 0.15) is 0 Å². The molecule has 0 aromatic heterocycles. The second-order valence-electron chi connectivity index (χ2n) is 11.0. The van der Waals surface area contributed by atoms with E-state index < -0.39 is 0 Å². The fraction of sp³-hybridized carbons (Fsp3) is 0.419. The van der Waals surface area contributed by atoms with Crippen LogP contribution in [0.15, 0.2) is 84.9 Å². The van der Waals surface area contributed by atoms with Crippen molar-refractivity contribution < 1.29 is 0 Å². The van der Waals surface area contributed by atoms with E-state index in [1.165, 1.54) is 22.4 Å². The van der Waals surface area contributed by atoms with E-state index >= 15 is 0 Å². The van der Waals surface area contributed by atoms with Crippen LogP contribution in [0.4, 0.5) is 5.69 Å². The minimum Gasteiger partial charge on any atom is -0.362 e. The molecular weight excluding hydrogens is 400 g/mol. The average molecular weight is 441 g/mol. The van der Waals surface area contributed by atoms with Gasteiger partial charge >= 0.3 is 0 Å². The van der Waals surface area contributed by atoms with E-state index in [1.54, 1.807) is 0 Å². The molecule has 0 N–H and O–H groups in total. The summed E-state index contributed by atoms with van der Waals surface area (Å²) >= 11 is 0. The van der Waals surface area contributed by atoms with E-state index in [-0.39, 0.29) is 5.41 Å². The van der Waals surface area contributed by atoms with Gasteiger partial charge in [-0.25, -0.2) is 0 Å². The number of rotatable bonds is 6. The van der Waals surface area contributed by atoms with Crippen molar-refractivity contribution in [3.63, 3.8) is 0 Å². The molecule has 0 saturated carbocycles. The van der Waals surface area contributed by atoms with E-state index in [2.05, 4.69) is 129 Å². The van der Waals surface area contributed by atoms with Crippen LogP contribution >= 0.6 is 0 Å². The van der Waals surface area contributed by atoms with Crippen LogP contribution in [0, 0.1) is 5.92 Å². The molecule has 0 radical (unpaired) electrons. The van der Waals surface area contributed by atoms with Crippen LogP contribution < -0.4 is 4.90 Å². The van der Waals surface area contributed by atoms with Crippen molar-refractivity contribution in [1.29, 1.82) is 0 Å². The SMILES string of the molecule is CC(C)[C@H]1CN(Cc2ccccc2)C[C@@H](Cc2ccc(C(C)(C)C)cc2)N1c1ccccc1. The summed E-state index contributed by atoms with van der Waals surface area (Å²) in [6, 6.07) is 32.3. The van der Waals surface area contributed by atoms with Gasteiger partial charge in [-0.1, -0.05) is 107 Å². The predicted molar refractivity (Wildman–Crippen MR) is 142 cm³/mol. The molecule has 0 aliphatic carbocycles. The summed E-state index contributed by atoms with van der Waals surface area (Å²) in [5.41, 5.74) is 5.78. The second-order valence-corrected chi connectivity index (χ2v) is 11.0. The summed E-state index contributed by atoms with van der Waals surface area (Å²) in [6.07, 6.45) is 1.06. The van der Waals surface area contributed by atoms with Crippen molar-refractivity contribution in [1.82, 2.24) is 4.90 Å². The summed E-state index contributed by atoms with van der Waals surface area (Å²) < 4.78 is 0. The number of benzene rings is 3. The molecule has 3 aromatic rings. The van der Waals surface area contributed by atoms with Gasteiger partial charge in [-0.3, -0.25) is 4.90 Å². The van der Waals surface area contributed by atoms with Crippen LogP contribution in [0.25, 0.3) is 0 Å². The molecule has 0 bridgehead atoms. The number of para-hydroxylation sites is 1. The van der Waals surface area contributed by atoms with Gasteiger partial charge in [0.05, 0.1) is 0 Å². The lowest BCUT2D eigenvalue weighted by Gasteiger charge is -2.50. The number of hydrogen-bond acceptors (Lipinski definition) is 2. The van der Waals surface area contributed by atoms with Crippen LogP contribution in [-0.4, -0.2) is 30.1 Å². The average Bonchev–Trinajstić information content (AvgIpc) is 2.80. The Kier molecular flexibility index (Phi) is 7.24. The Morgan fingerprint density at radius 2 is 1.36 bits per heavy atom. The molecule has 4 rings (SSSR count). The largest absolute Gasteiger partial charge is 0.362 e. The number of nitrogens with zero attached hydrogens (tertiary/aromatic N) is 2. The van der Waals surface area contributed by atoms with Gasteiger partial charge in [0, 0.05) is 37.4 Å². The third-order valence-corrected chi connectivity index (χ3v) is 7.03. The van der Waals surface area contributed by atoms with Crippen molar-refractivity contribution in [2.75, 3.05) is 18.0 Å². The lowest BCUT2D eigenvalue weighted by Crippen LogP contribution is -2.61. The summed E-state index contributed by atoms with van der Waals surface area (Å²) in [5.74, 6) is 0.578. The zero-order valence-corrected chi connectivity index (χ0v) is 21.0. The number of hydrogen-bond donors (Lipinski definition) is 0. The molecule has 2 heteroatoms. The van der Waals surface area contributed by atoms with Crippen LogP contribution in [0.3, 0.4) is 0 Å². The molecule has 3 aromatic carbocycles. The fourth-order valence-electron chi connectivity index (χ4n) is 5.16. The Morgan fingerprint density at radius 3 is 1.94 bits per heavy atom. The van der Waals surface area contributed by atoms with E-state index in [4.69, 9.17) is 0 Å². The van der Waals surface area contributed by atoms with Crippen molar-refractivity contribution >= 4 is 5.69 Å². The maximum Gasteiger partial charge on any atom is 0.0461 e. The van der Waals surface area contributed by atoms with E-state index in [9.17, 15) is 0 Å². The Balaban J connectivity index is 1.63. The number of anilines is 1. The van der Waals surface area contributed by atoms with Crippen LogP contribution in [0.2, 0.25) is 0 Å². The molecule has 0 spiro atoms. The smallest absolute Gasteiger partial charge is 0.0461 e. The van der Waals surface area contributed by atoms with Gasteiger partial charge in [-0.15, -0.1) is 0 Å². The highest BCUT2D eigenvalue weighted by Crippen LogP contribution is 2.31. The summed E-state index contributed by atoms with van der Waals surface area (Å²) in [6.45, 7) is 14.8. The van der Waals surface area contributed by atoms with Gasteiger partial charge in [0.2, 0.25) is 0 Å². The Labute approximate surface area is 201 Å². The first-order valence-corrected chi connectivity index (χ1v) is 12.5. The quantitative estimate of drug-likeness (QED) is 0.409. The molecule has 33 heavy (non-hydrogen) atoms. The minimum absolute atomic E-state index is 0.189. The molecule has 0 unspecified atom stereocenters. The highest BCUT2D eigenvalue weighted by Gasteiger charge is 2.36. The topological polar surface area (TPSA) is 6.48 Å². The first-order chi connectivity index (χ1) is 15.8. The van der Waals surface area contributed by atoms with Crippen molar-refractivity contribution in [2.24, 2.45) is 5.92 Å². The third-order valence-electron chi connectivity index (χ3n) is 7.03. The van der Waals surface area contributed by atoms with Gasteiger partial charge in [-0.05, 0) is 46.6 Å². The van der Waals surface area contributed by atoms with Crippen molar-refractivity contribution in [3.05, 3.63) is 102 Å². The lowest BCUT2D eigenvalue weighted by molar-refractivity contribution is 0.160. The minimum atomic E-state index is 0.189. The maximum atomic E-state index is 2.73. The Hall–Kier alpha value is -2.58. The molecule has 174 valence electrons. The zero-order chi connectivity index (χ0) is 23.4. The number of piperazine rings is 1. The van der Waals surface area contributed by atoms with Crippen LogP contribution in [0.5, 0.6) is 0 Å². The van der Waals surface area contributed by atoms with Gasteiger partial charge in [-0.2, -0.15) is 0 Å². The molecule has 1 heterocycles. The molecule has 1 fully saturated rings. The molecular formula is C31H40N2. The molecule has 0 amide bonds. The van der Waals surface area contributed by atoms with Gasteiger partial charge in [0.25, 0.3) is 0 Å². The highest BCUT2D eigenvalue weighted by molar-refractivity contribution is 5.50. The van der Waals surface area contributed by atoms with Crippen molar-refractivity contribution in [3.8, 4) is 0 Å². The van der Waals surface area contributed by atoms with E-state index in [1.807, 2.05) is 0 Å².